The van der Waals surface area contributed by atoms with Crippen LogP contribution in [0, 0.1) is 6.92 Å². The summed E-state index contributed by atoms with van der Waals surface area (Å²) in [6.45, 7) is 13.4. The molecule has 0 amide bonds. The van der Waals surface area contributed by atoms with Crippen molar-refractivity contribution in [2.75, 3.05) is 7.11 Å². The van der Waals surface area contributed by atoms with Gasteiger partial charge in [-0.3, -0.25) is 0 Å². The van der Waals surface area contributed by atoms with E-state index < -0.39 is 8.07 Å². The lowest BCUT2D eigenvalue weighted by Crippen LogP contribution is -2.46. The molecule has 0 fully saturated rings. The van der Waals surface area contributed by atoms with Gasteiger partial charge in [-0.15, -0.1) is 0 Å². The van der Waals surface area contributed by atoms with E-state index in [-0.39, 0.29) is 11.0 Å². The minimum absolute atomic E-state index is 0.00187. The molecular weight excluding hydrogens is 390 g/mol. The SMILES string of the molecule is COC(=O)c1ccc2ccn(Cc3cccc(C(=O)[Si](C)(C)C(C)(C)C)c3)c2c1C. The molecule has 158 valence electrons. The lowest BCUT2D eigenvalue weighted by molar-refractivity contribution is 0.0600. The Balaban J connectivity index is 1.98. The minimum Gasteiger partial charge on any atom is -0.465 e. The van der Waals surface area contributed by atoms with Crippen LogP contribution in [0.3, 0.4) is 0 Å². The number of methoxy groups -OCH3 is 1. The molecule has 4 nitrogen and oxygen atoms in total. The summed E-state index contributed by atoms with van der Waals surface area (Å²) in [7, 11) is -0.726. The Morgan fingerprint density at radius 2 is 1.77 bits per heavy atom. The number of hydrogen-bond donors (Lipinski definition) is 0. The molecule has 0 saturated heterocycles. The predicted molar refractivity (Wildman–Crippen MR) is 125 cm³/mol. The van der Waals surface area contributed by atoms with Gasteiger partial charge in [0, 0.05) is 18.3 Å². The van der Waals surface area contributed by atoms with Gasteiger partial charge in [0.05, 0.1) is 18.2 Å². The molecule has 0 atom stereocenters. The van der Waals surface area contributed by atoms with Crippen molar-refractivity contribution in [3.63, 3.8) is 0 Å². The second-order valence-corrected chi connectivity index (χ2v) is 14.7. The summed E-state index contributed by atoms with van der Waals surface area (Å²) in [6.07, 6.45) is 2.03. The molecule has 0 bridgehead atoms. The van der Waals surface area contributed by atoms with E-state index in [9.17, 15) is 9.59 Å². The van der Waals surface area contributed by atoms with Crippen LogP contribution in [0.4, 0.5) is 0 Å². The van der Waals surface area contributed by atoms with Crippen LogP contribution in [0.2, 0.25) is 18.1 Å². The molecule has 0 unspecified atom stereocenters. The van der Waals surface area contributed by atoms with Crippen LogP contribution in [-0.4, -0.2) is 31.1 Å². The van der Waals surface area contributed by atoms with Gasteiger partial charge in [0.2, 0.25) is 0 Å². The molecule has 1 aromatic heterocycles. The van der Waals surface area contributed by atoms with Crippen molar-refractivity contribution in [2.45, 2.75) is 52.4 Å². The molecule has 30 heavy (non-hydrogen) atoms. The summed E-state index contributed by atoms with van der Waals surface area (Å²) < 4.78 is 7.05. The average molecular weight is 422 g/mol. The molecule has 0 aliphatic heterocycles. The van der Waals surface area contributed by atoms with Crippen molar-refractivity contribution in [1.82, 2.24) is 4.57 Å². The lowest BCUT2D eigenvalue weighted by atomic mass is 10.1. The van der Waals surface area contributed by atoms with Gasteiger partial charge in [-0.05, 0) is 46.7 Å². The highest BCUT2D eigenvalue weighted by molar-refractivity contribution is 7.08. The fourth-order valence-electron chi connectivity index (χ4n) is 3.65. The lowest BCUT2D eigenvalue weighted by Gasteiger charge is -2.35. The van der Waals surface area contributed by atoms with E-state index >= 15 is 0 Å². The Bertz CT molecular complexity index is 1120. The fraction of sp³-hybridized carbons (Fsp3) is 0.360. The highest BCUT2D eigenvalue weighted by atomic mass is 28.3. The van der Waals surface area contributed by atoms with E-state index in [0.717, 1.165) is 27.6 Å². The second kappa shape index (κ2) is 7.87. The van der Waals surface area contributed by atoms with Gasteiger partial charge in [-0.1, -0.05) is 58.1 Å². The molecule has 5 heteroatoms. The molecule has 0 aliphatic rings. The van der Waals surface area contributed by atoms with Crippen LogP contribution in [0.15, 0.2) is 48.7 Å². The first-order valence-corrected chi connectivity index (χ1v) is 13.3. The Hall–Kier alpha value is -2.66. The molecular formula is C25H31NO3Si. The number of rotatable bonds is 5. The number of fused-ring (bicyclic) bond motifs is 1. The molecule has 0 radical (unpaired) electrons. The van der Waals surface area contributed by atoms with Gasteiger partial charge in [0.1, 0.15) is 13.5 Å². The molecule has 2 aromatic carbocycles. The highest BCUT2D eigenvalue weighted by Gasteiger charge is 2.42. The Morgan fingerprint density at radius 1 is 1.07 bits per heavy atom. The summed E-state index contributed by atoms with van der Waals surface area (Å²) >= 11 is 0. The molecule has 3 rings (SSSR count). The van der Waals surface area contributed by atoms with Crippen LogP contribution in [0.1, 0.15) is 52.6 Å². The zero-order valence-corrected chi connectivity index (χ0v) is 20.0. The molecule has 0 spiro atoms. The first-order chi connectivity index (χ1) is 14.0. The second-order valence-electron chi connectivity index (χ2n) is 9.52. The Labute approximate surface area is 179 Å². The summed E-state index contributed by atoms with van der Waals surface area (Å²) in [4.78, 5) is 25.4. The van der Waals surface area contributed by atoms with E-state index in [2.05, 4.69) is 38.4 Å². The van der Waals surface area contributed by atoms with E-state index in [1.165, 1.54) is 7.11 Å². The van der Waals surface area contributed by atoms with Crippen molar-refractivity contribution in [1.29, 1.82) is 0 Å². The van der Waals surface area contributed by atoms with Crippen molar-refractivity contribution >= 4 is 30.4 Å². The van der Waals surface area contributed by atoms with Crippen molar-refractivity contribution in [3.05, 3.63) is 70.9 Å². The molecule has 1 heterocycles. The van der Waals surface area contributed by atoms with Crippen molar-refractivity contribution in [2.24, 2.45) is 0 Å². The Morgan fingerprint density at radius 3 is 2.40 bits per heavy atom. The number of esters is 1. The number of benzene rings is 2. The first kappa shape index (κ1) is 22.0. The third kappa shape index (κ3) is 3.86. The van der Waals surface area contributed by atoms with Crippen molar-refractivity contribution in [3.8, 4) is 0 Å². The molecule has 0 aliphatic carbocycles. The standard InChI is InChI=1S/C25H31NO3Si/c1-17-21(23(27)29-5)12-11-19-13-14-26(22(17)19)16-18-9-8-10-20(15-18)24(28)30(6,7)25(2,3)4/h8-15H,16H2,1-7H3. The highest BCUT2D eigenvalue weighted by Crippen LogP contribution is 2.38. The molecule has 3 aromatic rings. The maximum atomic E-state index is 13.3. The normalized spacial score (nSPS) is 12.2. The topological polar surface area (TPSA) is 48.3 Å². The maximum absolute atomic E-state index is 13.3. The van der Waals surface area contributed by atoms with E-state index in [1.807, 2.05) is 55.6 Å². The van der Waals surface area contributed by atoms with E-state index in [4.69, 9.17) is 4.74 Å². The monoisotopic (exact) mass is 421 g/mol. The number of aryl methyl sites for hydroxylation is 1. The van der Waals surface area contributed by atoms with Gasteiger partial charge in [-0.25, -0.2) is 4.79 Å². The van der Waals surface area contributed by atoms with Crippen LogP contribution in [0.5, 0.6) is 0 Å². The smallest absolute Gasteiger partial charge is 0.338 e. The van der Waals surface area contributed by atoms with Crippen LogP contribution in [-0.2, 0) is 11.3 Å². The summed E-state index contributed by atoms with van der Waals surface area (Å²) in [5.74, 6) is -0.330. The average Bonchev–Trinajstić information content (AvgIpc) is 3.10. The third-order valence-electron chi connectivity index (χ3n) is 6.57. The number of nitrogens with zero attached hydrogens (tertiary/aromatic N) is 1. The largest absolute Gasteiger partial charge is 0.465 e. The summed E-state index contributed by atoms with van der Waals surface area (Å²) in [5, 5.41) is 1.37. The number of hydrogen-bond acceptors (Lipinski definition) is 3. The summed E-state index contributed by atoms with van der Waals surface area (Å²) in [5.41, 5.74) is 4.35. The van der Waals surface area contributed by atoms with Gasteiger partial charge >= 0.3 is 5.97 Å². The van der Waals surface area contributed by atoms with E-state index in [0.29, 0.717) is 17.5 Å². The molecule has 0 N–H and O–H groups in total. The zero-order chi connectivity index (χ0) is 22.3. The minimum atomic E-state index is -2.13. The first-order valence-electron chi connectivity index (χ1n) is 10.3. The zero-order valence-electron chi connectivity index (χ0n) is 19.0. The third-order valence-corrected chi connectivity index (χ3v) is 11.7. The number of carbonyl (C=O) groups excluding carboxylic acids is 2. The number of carbonyl (C=O) groups is 2. The maximum Gasteiger partial charge on any atom is 0.338 e. The van der Waals surface area contributed by atoms with Crippen LogP contribution in [0.25, 0.3) is 10.9 Å². The molecule has 0 saturated carbocycles. The van der Waals surface area contributed by atoms with Crippen LogP contribution < -0.4 is 0 Å². The van der Waals surface area contributed by atoms with Gasteiger partial charge in [0.25, 0.3) is 0 Å². The fourth-order valence-corrected chi connectivity index (χ4v) is 5.21. The van der Waals surface area contributed by atoms with Gasteiger partial charge in [-0.2, -0.15) is 0 Å². The number of aromatic nitrogens is 1. The van der Waals surface area contributed by atoms with E-state index in [1.54, 1.807) is 0 Å². The summed E-state index contributed by atoms with van der Waals surface area (Å²) in [6, 6.07) is 13.8. The van der Waals surface area contributed by atoms with Gasteiger partial charge in [0.15, 0.2) is 0 Å². The van der Waals surface area contributed by atoms with Crippen LogP contribution >= 0.6 is 0 Å². The quantitative estimate of drug-likeness (QED) is 0.374. The Kier molecular flexibility index (Phi) is 5.78. The number of ether oxygens (including phenoxy) is 1. The van der Waals surface area contributed by atoms with Gasteiger partial charge < -0.3 is 14.1 Å². The predicted octanol–water partition coefficient (Wildman–Crippen LogP) is 6.02. The van der Waals surface area contributed by atoms with Crippen molar-refractivity contribution < 1.29 is 14.3 Å².